The number of hydrogen-bond acceptors (Lipinski definition) is 7. The zero-order valence-electron chi connectivity index (χ0n) is 17.3. The zero-order valence-corrected chi connectivity index (χ0v) is 17.3. The molecule has 2 fully saturated rings. The minimum Gasteiger partial charge on any atom is -0.378 e. The van der Waals surface area contributed by atoms with Crippen molar-refractivity contribution in [1.82, 2.24) is 30.5 Å². The highest BCUT2D eigenvalue weighted by atomic mass is 16.5. The van der Waals surface area contributed by atoms with Gasteiger partial charge in [-0.1, -0.05) is 18.2 Å². The van der Waals surface area contributed by atoms with Crippen molar-refractivity contribution >= 4 is 17.7 Å². The van der Waals surface area contributed by atoms with Crippen LogP contribution < -0.4 is 10.6 Å². The van der Waals surface area contributed by atoms with Crippen LogP contribution in [-0.4, -0.2) is 63.4 Å². The van der Waals surface area contributed by atoms with E-state index in [0.717, 1.165) is 29.9 Å². The number of nitrogens with one attached hydrogen (secondary N) is 2. The molecule has 2 aromatic rings. The topological polar surface area (TPSA) is 118 Å². The van der Waals surface area contributed by atoms with Crippen molar-refractivity contribution in [3.05, 3.63) is 41.2 Å². The molecule has 4 heterocycles. The summed E-state index contributed by atoms with van der Waals surface area (Å²) in [5.41, 5.74) is 2.55. The summed E-state index contributed by atoms with van der Waals surface area (Å²) in [6.07, 6.45) is 3.26. The summed E-state index contributed by atoms with van der Waals surface area (Å²) in [5.74, 6) is -0.915. The first-order chi connectivity index (χ1) is 15.0. The Morgan fingerprint density at radius 1 is 1.29 bits per heavy atom. The molecule has 162 valence electrons. The van der Waals surface area contributed by atoms with Gasteiger partial charge < -0.3 is 15.0 Å². The molecule has 2 atom stereocenters. The quantitative estimate of drug-likeness (QED) is 0.676. The minimum absolute atomic E-state index is 0.209. The average molecular weight is 424 g/mol. The van der Waals surface area contributed by atoms with Crippen LogP contribution in [-0.2, 0) is 26.4 Å². The molecule has 10 heteroatoms. The highest BCUT2D eigenvalue weighted by molar-refractivity contribution is 6.05. The Bertz CT molecular complexity index is 1060. The summed E-state index contributed by atoms with van der Waals surface area (Å²) < 4.78 is 7.32. The third-order valence-electron chi connectivity index (χ3n) is 6.42. The van der Waals surface area contributed by atoms with Gasteiger partial charge in [-0.2, -0.15) is 0 Å². The lowest BCUT2D eigenvalue weighted by Gasteiger charge is -2.35. The smallest absolute Gasteiger partial charge is 0.255 e. The van der Waals surface area contributed by atoms with Crippen LogP contribution in [0, 0.1) is 0 Å². The fourth-order valence-corrected chi connectivity index (χ4v) is 4.53. The van der Waals surface area contributed by atoms with E-state index in [1.807, 2.05) is 18.3 Å². The summed E-state index contributed by atoms with van der Waals surface area (Å²) in [6, 6.07) is 4.93. The number of rotatable bonds is 4. The molecule has 0 saturated carbocycles. The first-order valence-electron chi connectivity index (χ1n) is 10.5. The molecule has 1 aromatic heterocycles. The molecule has 3 amide bonds. The zero-order chi connectivity index (χ0) is 21.6. The van der Waals surface area contributed by atoms with Crippen LogP contribution in [0.5, 0.6) is 0 Å². The van der Waals surface area contributed by atoms with Crippen LogP contribution in [0.15, 0.2) is 24.4 Å². The van der Waals surface area contributed by atoms with E-state index in [2.05, 4.69) is 27.9 Å². The van der Waals surface area contributed by atoms with Crippen LogP contribution >= 0.6 is 0 Å². The SMILES string of the molecule is CCC1(c2cn(-c3ccc4c(c3)C(=O)N(C3CCC(=O)NC3=O)C4)nn2)COCCN1. The Morgan fingerprint density at radius 3 is 2.90 bits per heavy atom. The molecule has 10 nitrogen and oxygen atoms in total. The third-order valence-corrected chi connectivity index (χ3v) is 6.42. The van der Waals surface area contributed by atoms with Crippen LogP contribution in [0.3, 0.4) is 0 Å². The second-order valence-electron chi connectivity index (χ2n) is 8.20. The summed E-state index contributed by atoms with van der Waals surface area (Å²) in [6.45, 7) is 4.39. The van der Waals surface area contributed by atoms with E-state index in [1.54, 1.807) is 15.6 Å². The highest BCUT2D eigenvalue weighted by Gasteiger charge is 2.39. The first-order valence-corrected chi connectivity index (χ1v) is 10.5. The second kappa shape index (κ2) is 7.54. The predicted octanol–water partition coefficient (Wildman–Crippen LogP) is 0.253. The average Bonchev–Trinajstić information content (AvgIpc) is 3.40. The summed E-state index contributed by atoms with van der Waals surface area (Å²) in [7, 11) is 0. The van der Waals surface area contributed by atoms with E-state index in [-0.39, 0.29) is 23.8 Å². The number of hydrogen-bond donors (Lipinski definition) is 2. The molecular formula is C21H24N6O4. The number of nitrogens with zero attached hydrogens (tertiary/aromatic N) is 4. The number of ether oxygens (including phenoxy) is 1. The van der Waals surface area contributed by atoms with Crippen molar-refractivity contribution in [2.24, 2.45) is 0 Å². The molecule has 0 bridgehead atoms. The molecule has 5 rings (SSSR count). The number of imide groups is 1. The third kappa shape index (κ3) is 3.31. The number of piperidine rings is 1. The monoisotopic (exact) mass is 424 g/mol. The Labute approximate surface area is 178 Å². The lowest BCUT2D eigenvalue weighted by atomic mass is 9.92. The number of carbonyl (C=O) groups is 3. The van der Waals surface area contributed by atoms with Gasteiger partial charge in [0.25, 0.3) is 5.91 Å². The summed E-state index contributed by atoms with van der Waals surface area (Å²) in [5, 5.41) is 14.5. The van der Waals surface area contributed by atoms with E-state index >= 15 is 0 Å². The van der Waals surface area contributed by atoms with Crippen molar-refractivity contribution in [1.29, 1.82) is 0 Å². The van der Waals surface area contributed by atoms with Crippen molar-refractivity contribution in [2.45, 2.75) is 44.3 Å². The standard InChI is InChI=1S/C21H24N6O4/c1-2-21(12-31-8-7-22-21)17-11-27(25-24-17)14-4-3-13-10-26(20(30)15(13)9-14)16-5-6-18(28)23-19(16)29/h3-4,9,11,16,22H,2,5-8,10,12H2,1H3,(H,23,28,29). The van der Waals surface area contributed by atoms with Crippen molar-refractivity contribution in [3.8, 4) is 5.69 Å². The molecule has 2 unspecified atom stereocenters. The van der Waals surface area contributed by atoms with Gasteiger partial charge in [0, 0.05) is 25.1 Å². The highest BCUT2D eigenvalue weighted by Crippen LogP contribution is 2.30. The first kappa shape index (κ1) is 19.8. The lowest BCUT2D eigenvalue weighted by Crippen LogP contribution is -2.52. The number of benzene rings is 1. The van der Waals surface area contributed by atoms with E-state index in [4.69, 9.17) is 4.74 Å². The van der Waals surface area contributed by atoms with Gasteiger partial charge in [0.15, 0.2) is 0 Å². The molecule has 1 aromatic carbocycles. The normalized spacial score (nSPS) is 26.2. The number of carbonyl (C=O) groups excluding carboxylic acids is 3. The van der Waals surface area contributed by atoms with Gasteiger partial charge in [-0.25, -0.2) is 4.68 Å². The maximum Gasteiger partial charge on any atom is 0.255 e. The van der Waals surface area contributed by atoms with Crippen LogP contribution in [0.1, 0.15) is 47.8 Å². The van der Waals surface area contributed by atoms with E-state index < -0.39 is 11.9 Å². The Hall–Kier alpha value is -3.11. The summed E-state index contributed by atoms with van der Waals surface area (Å²) in [4.78, 5) is 38.2. The van der Waals surface area contributed by atoms with Crippen molar-refractivity contribution < 1.29 is 19.1 Å². The fourth-order valence-electron chi connectivity index (χ4n) is 4.53. The maximum atomic E-state index is 13.0. The number of aromatic nitrogens is 3. The van der Waals surface area contributed by atoms with Gasteiger partial charge in [-0.3, -0.25) is 19.7 Å². The van der Waals surface area contributed by atoms with Crippen LogP contribution in [0.4, 0.5) is 0 Å². The number of amides is 3. The van der Waals surface area contributed by atoms with Gasteiger partial charge >= 0.3 is 0 Å². The molecule has 3 aliphatic rings. The van der Waals surface area contributed by atoms with Gasteiger partial charge in [0.1, 0.15) is 11.7 Å². The number of fused-ring (bicyclic) bond motifs is 1. The van der Waals surface area contributed by atoms with Gasteiger partial charge in [-0.15, -0.1) is 5.10 Å². The van der Waals surface area contributed by atoms with E-state index in [9.17, 15) is 14.4 Å². The van der Waals surface area contributed by atoms with Crippen LogP contribution in [0.2, 0.25) is 0 Å². The van der Waals surface area contributed by atoms with Crippen molar-refractivity contribution in [2.75, 3.05) is 19.8 Å². The van der Waals surface area contributed by atoms with Crippen LogP contribution in [0.25, 0.3) is 5.69 Å². The van der Waals surface area contributed by atoms with Gasteiger partial charge in [-0.05, 0) is 30.5 Å². The molecule has 2 N–H and O–H groups in total. The molecule has 2 saturated heterocycles. The van der Waals surface area contributed by atoms with Gasteiger partial charge in [0.2, 0.25) is 11.8 Å². The maximum absolute atomic E-state index is 13.0. The number of morpholine rings is 1. The van der Waals surface area contributed by atoms with Crippen molar-refractivity contribution in [3.63, 3.8) is 0 Å². The fraction of sp³-hybridized carbons (Fsp3) is 0.476. The molecule has 0 spiro atoms. The molecule has 3 aliphatic heterocycles. The Morgan fingerprint density at radius 2 is 2.16 bits per heavy atom. The minimum atomic E-state index is -0.624. The lowest BCUT2D eigenvalue weighted by molar-refractivity contribution is -0.136. The molecule has 0 radical (unpaired) electrons. The Kier molecular flexibility index (Phi) is 4.82. The molecule has 0 aliphatic carbocycles. The molecular weight excluding hydrogens is 400 g/mol. The Balaban J connectivity index is 1.40. The van der Waals surface area contributed by atoms with E-state index in [1.165, 1.54) is 0 Å². The molecule has 31 heavy (non-hydrogen) atoms. The second-order valence-corrected chi connectivity index (χ2v) is 8.20. The summed E-state index contributed by atoms with van der Waals surface area (Å²) >= 11 is 0. The largest absolute Gasteiger partial charge is 0.378 e. The van der Waals surface area contributed by atoms with Gasteiger partial charge in [0.05, 0.1) is 30.6 Å². The van der Waals surface area contributed by atoms with E-state index in [0.29, 0.717) is 31.7 Å². The predicted molar refractivity (Wildman–Crippen MR) is 108 cm³/mol.